The van der Waals surface area contributed by atoms with Gasteiger partial charge in [0, 0.05) is 18.6 Å². The zero-order valence-electron chi connectivity index (χ0n) is 10.6. The minimum atomic E-state index is 0.0763. The van der Waals surface area contributed by atoms with E-state index in [0.29, 0.717) is 5.82 Å². The molecule has 0 aromatic carbocycles. The van der Waals surface area contributed by atoms with E-state index in [0.717, 1.165) is 23.4 Å². The fourth-order valence-electron chi connectivity index (χ4n) is 1.76. The molecular weight excluding hydrogens is 226 g/mol. The van der Waals surface area contributed by atoms with E-state index in [1.807, 2.05) is 38.5 Å². The van der Waals surface area contributed by atoms with Crippen LogP contribution < -0.4 is 11.1 Å². The fraction of sp³-hybridized carbons (Fsp3) is 0.308. The Morgan fingerprint density at radius 2 is 2.00 bits per heavy atom. The van der Waals surface area contributed by atoms with Gasteiger partial charge in [0.15, 0.2) is 0 Å². The standard InChI is InChI=1S/C13H17N5/c1-9-7-17-13(18-8-9)11(15-2)5-10-3-4-16-12(14)6-10/h3-4,6-8,11,15H,5H2,1-2H3,(H2,14,16). The molecule has 1 atom stereocenters. The van der Waals surface area contributed by atoms with Crippen LogP contribution in [0.2, 0.25) is 0 Å². The number of nitrogen functional groups attached to an aromatic ring is 1. The Labute approximate surface area is 106 Å². The van der Waals surface area contributed by atoms with Crippen molar-refractivity contribution >= 4 is 5.82 Å². The van der Waals surface area contributed by atoms with Gasteiger partial charge in [-0.25, -0.2) is 15.0 Å². The first-order valence-electron chi connectivity index (χ1n) is 5.85. The minimum absolute atomic E-state index is 0.0763. The first-order valence-corrected chi connectivity index (χ1v) is 5.85. The Morgan fingerprint density at radius 3 is 2.61 bits per heavy atom. The molecule has 5 heteroatoms. The third-order valence-electron chi connectivity index (χ3n) is 2.75. The summed E-state index contributed by atoms with van der Waals surface area (Å²) in [6.45, 7) is 1.97. The largest absolute Gasteiger partial charge is 0.384 e. The average Bonchev–Trinajstić information content (AvgIpc) is 2.37. The molecule has 2 aromatic rings. The molecule has 0 saturated heterocycles. The lowest BCUT2D eigenvalue weighted by molar-refractivity contribution is 0.556. The molecule has 0 aliphatic rings. The maximum Gasteiger partial charge on any atom is 0.145 e. The monoisotopic (exact) mass is 243 g/mol. The number of likely N-dealkylation sites (N-methyl/N-ethyl adjacent to an activating group) is 1. The van der Waals surface area contributed by atoms with Crippen molar-refractivity contribution in [1.82, 2.24) is 20.3 Å². The third-order valence-corrected chi connectivity index (χ3v) is 2.75. The van der Waals surface area contributed by atoms with Crippen LogP contribution >= 0.6 is 0 Å². The van der Waals surface area contributed by atoms with Crippen molar-refractivity contribution in [3.63, 3.8) is 0 Å². The van der Waals surface area contributed by atoms with Crippen molar-refractivity contribution < 1.29 is 0 Å². The van der Waals surface area contributed by atoms with Gasteiger partial charge in [-0.1, -0.05) is 0 Å². The number of hydrogen-bond donors (Lipinski definition) is 2. The second kappa shape index (κ2) is 5.55. The quantitative estimate of drug-likeness (QED) is 0.845. The van der Waals surface area contributed by atoms with Crippen molar-refractivity contribution in [1.29, 1.82) is 0 Å². The van der Waals surface area contributed by atoms with Crippen LogP contribution in [0.5, 0.6) is 0 Å². The highest BCUT2D eigenvalue weighted by Gasteiger charge is 2.13. The van der Waals surface area contributed by atoms with Gasteiger partial charge in [-0.15, -0.1) is 0 Å². The molecule has 1 unspecified atom stereocenters. The number of pyridine rings is 1. The van der Waals surface area contributed by atoms with Crippen LogP contribution in [-0.4, -0.2) is 22.0 Å². The average molecular weight is 243 g/mol. The van der Waals surface area contributed by atoms with E-state index in [-0.39, 0.29) is 6.04 Å². The number of aromatic nitrogens is 3. The Morgan fingerprint density at radius 1 is 1.28 bits per heavy atom. The predicted molar refractivity (Wildman–Crippen MR) is 70.9 cm³/mol. The molecule has 2 heterocycles. The van der Waals surface area contributed by atoms with Crippen LogP contribution in [0.3, 0.4) is 0 Å². The first-order chi connectivity index (χ1) is 8.69. The molecular formula is C13H17N5. The minimum Gasteiger partial charge on any atom is -0.384 e. The zero-order chi connectivity index (χ0) is 13.0. The van der Waals surface area contributed by atoms with Gasteiger partial charge in [0.1, 0.15) is 11.6 Å². The van der Waals surface area contributed by atoms with Gasteiger partial charge in [-0.2, -0.15) is 0 Å². The van der Waals surface area contributed by atoms with Crippen LogP contribution in [0, 0.1) is 6.92 Å². The van der Waals surface area contributed by atoms with E-state index in [4.69, 9.17) is 5.73 Å². The molecule has 0 saturated carbocycles. The molecule has 0 fully saturated rings. The number of anilines is 1. The van der Waals surface area contributed by atoms with Gasteiger partial charge in [-0.3, -0.25) is 0 Å². The Balaban J connectivity index is 2.17. The highest BCUT2D eigenvalue weighted by Crippen LogP contribution is 2.15. The highest BCUT2D eigenvalue weighted by molar-refractivity contribution is 5.32. The lowest BCUT2D eigenvalue weighted by Crippen LogP contribution is -2.21. The van der Waals surface area contributed by atoms with E-state index < -0.39 is 0 Å². The summed E-state index contributed by atoms with van der Waals surface area (Å²) >= 11 is 0. The normalized spacial score (nSPS) is 12.3. The van der Waals surface area contributed by atoms with Gasteiger partial charge in [-0.05, 0) is 43.7 Å². The number of rotatable bonds is 4. The molecule has 18 heavy (non-hydrogen) atoms. The van der Waals surface area contributed by atoms with Crippen molar-refractivity contribution in [2.75, 3.05) is 12.8 Å². The molecule has 0 spiro atoms. The van der Waals surface area contributed by atoms with Crippen LogP contribution in [0.15, 0.2) is 30.7 Å². The number of nitrogens with zero attached hydrogens (tertiary/aromatic N) is 3. The molecule has 0 radical (unpaired) electrons. The lowest BCUT2D eigenvalue weighted by atomic mass is 10.1. The maximum absolute atomic E-state index is 5.67. The van der Waals surface area contributed by atoms with Gasteiger partial charge in [0.2, 0.25) is 0 Å². The summed E-state index contributed by atoms with van der Waals surface area (Å²) in [5.41, 5.74) is 7.85. The topological polar surface area (TPSA) is 76.7 Å². The predicted octanol–water partition coefficient (Wildman–Crippen LogP) is 1.27. The van der Waals surface area contributed by atoms with Crippen LogP contribution in [0.1, 0.15) is 23.0 Å². The smallest absolute Gasteiger partial charge is 0.145 e. The van der Waals surface area contributed by atoms with Crippen molar-refractivity contribution in [3.05, 3.63) is 47.7 Å². The summed E-state index contributed by atoms with van der Waals surface area (Å²) < 4.78 is 0. The molecule has 0 bridgehead atoms. The lowest BCUT2D eigenvalue weighted by Gasteiger charge is -2.14. The fourth-order valence-corrected chi connectivity index (χ4v) is 1.76. The molecule has 5 nitrogen and oxygen atoms in total. The summed E-state index contributed by atoms with van der Waals surface area (Å²) in [4.78, 5) is 12.7. The number of hydrogen-bond acceptors (Lipinski definition) is 5. The summed E-state index contributed by atoms with van der Waals surface area (Å²) in [5, 5.41) is 3.22. The van der Waals surface area contributed by atoms with E-state index in [1.165, 1.54) is 0 Å². The van der Waals surface area contributed by atoms with Gasteiger partial charge in [0.05, 0.1) is 6.04 Å². The first kappa shape index (κ1) is 12.4. The number of nitrogens with two attached hydrogens (primary N) is 1. The van der Waals surface area contributed by atoms with E-state index >= 15 is 0 Å². The Hall–Kier alpha value is -2.01. The Bertz CT molecular complexity index is 509. The second-order valence-corrected chi connectivity index (χ2v) is 4.25. The van der Waals surface area contributed by atoms with Crippen LogP contribution in [0.25, 0.3) is 0 Å². The molecule has 0 aliphatic heterocycles. The molecule has 0 aliphatic carbocycles. The zero-order valence-corrected chi connectivity index (χ0v) is 10.6. The van der Waals surface area contributed by atoms with Gasteiger partial charge in [0.25, 0.3) is 0 Å². The summed E-state index contributed by atoms with van der Waals surface area (Å²) in [5.74, 6) is 1.32. The van der Waals surface area contributed by atoms with Gasteiger partial charge < -0.3 is 11.1 Å². The van der Waals surface area contributed by atoms with E-state index in [1.54, 1.807) is 6.20 Å². The molecule has 94 valence electrons. The SMILES string of the molecule is CNC(Cc1ccnc(N)c1)c1ncc(C)cn1. The summed E-state index contributed by atoms with van der Waals surface area (Å²) in [6, 6.07) is 3.90. The second-order valence-electron chi connectivity index (χ2n) is 4.25. The van der Waals surface area contributed by atoms with Crippen molar-refractivity contribution in [3.8, 4) is 0 Å². The summed E-state index contributed by atoms with van der Waals surface area (Å²) in [7, 11) is 1.90. The number of nitrogens with one attached hydrogen (secondary N) is 1. The third kappa shape index (κ3) is 3.01. The van der Waals surface area contributed by atoms with Crippen LogP contribution in [-0.2, 0) is 6.42 Å². The molecule has 2 rings (SSSR count). The Kier molecular flexibility index (Phi) is 3.84. The molecule has 2 aromatic heterocycles. The highest BCUT2D eigenvalue weighted by atomic mass is 15.0. The van der Waals surface area contributed by atoms with Crippen molar-refractivity contribution in [2.45, 2.75) is 19.4 Å². The van der Waals surface area contributed by atoms with E-state index in [2.05, 4.69) is 20.3 Å². The summed E-state index contributed by atoms with van der Waals surface area (Å²) in [6.07, 6.45) is 6.15. The van der Waals surface area contributed by atoms with Crippen LogP contribution in [0.4, 0.5) is 5.82 Å². The number of aryl methyl sites for hydroxylation is 1. The van der Waals surface area contributed by atoms with Crippen molar-refractivity contribution in [2.24, 2.45) is 0 Å². The maximum atomic E-state index is 5.67. The van der Waals surface area contributed by atoms with E-state index in [9.17, 15) is 0 Å². The molecule has 0 amide bonds. The molecule has 3 N–H and O–H groups in total. The van der Waals surface area contributed by atoms with Gasteiger partial charge >= 0.3 is 0 Å².